The van der Waals surface area contributed by atoms with Crippen LogP contribution in [0, 0.1) is 11.6 Å². The summed E-state index contributed by atoms with van der Waals surface area (Å²) in [5.41, 5.74) is 0.594. The molecule has 2 aromatic rings. The molecule has 0 fully saturated rings. The van der Waals surface area contributed by atoms with Crippen LogP contribution < -0.4 is 5.32 Å². The highest BCUT2D eigenvalue weighted by molar-refractivity contribution is 9.10. The van der Waals surface area contributed by atoms with Crippen molar-refractivity contribution in [1.82, 2.24) is 5.32 Å². The molecule has 6 heteroatoms. The maximum absolute atomic E-state index is 13.0. The first-order chi connectivity index (χ1) is 9.95. The molecule has 0 heterocycles. The van der Waals surface area contributed by atoms with E-state index in [-0.39, 0.29) is 24.3 Å². The molecule has 0 spiro atoms. The molecule has 2 N–H and O–H groups in total. The van der Waals surface area contributed by atoms with Crippen molar-refractivity contribution in [2.24, 2.45) is 0 Å². The second kappa shape index (κ2) is 6.67. The molecule has 0 radical (unpaired) electrons. The summed E-state index contributed by atoms with van der Waals surface area (Å²) in [5, 5.41) is 12.2. The van der Waals surface area contributed by atoms with Gasteiger partial charge >= 0.3 is 0 Å². The van der Waals surface area contributed by atoms with Crippen LogP contribution in [0.15, 0.2) is 40.9 Å². The second-order valence-corrected chi connectivity index (χ2v) is 5.36. The zero-order chi connectivity index (χ0) is 15.4. The molecule has 2 rings (SSSR count). The van der Waals surface area contributed by atoms with E-state index in [2.05, 4.69) is 21.2 Å². The third kappa shape index (κ3) is 4.26. The molecule has 1 amide bonds. The molecular formula is C15H12BrF2NO2. The number of benzene rings is 2. The van der Waals surface area contributed by atoms with Crippen LogP contribution in [0.25, 0.3) is 0 Å². The maximum atomic E-state index is 13.0. The average Bonchev–Trinajstić information content (AvgIpc) is 2.37. The minimum absolute atomic E-state index is 0.140. The van der Waals surface area contributed by atoms with Crippen molar-refractivity contribution in [3.8, 4) is 5.75 Å². The van der Waals surface area contributed by atoms with E-state index in [1.54, 1.807) is 6.07 Å². The minimum Gasteiger partial charge on any atom is -0.507 e. The van der Waals surface area contributed by atoms with Gasteiger partial charge in [0.15, 0.2) is 0 Å². The fraction of sp³-hybridized carbons (Fsp3) is 0.133. The van der Waals surface area contributed by atoms with Crippen LogP contribution in [0.4, 0.5) is 8.78 Å². The van der Waals surface area contributed by atoms with E-state index in [1.165, 1.54) is 24.3 Å². The molecular weight excluding hydrogens is 344 g/mol. The van der Waals surface area contributed by atoms with Gasteiger partial charge in [0.05, 0.1) is 5.56 Å². The molecule has 2 aromatic carbocycles. The standard InChI is InChI=1S/C15H12BrF2NO2/c16-10-1-2-13(14(20)7-10)15(21)19-4-3-9-5-11(17)8-12(18)6-9/h1-2,5-8,20H,3-4H2,(H,19,21). The van der Waals surface area contributed by atoms with Crippen molar-refractivity contribution < 1.29 is 18.7 Å². The number of carbonyl (C=O) groups is 1. The second-order valence-electron chi connectivity index (χ2n) is 4.45. The van der Waals surface area contributed by atoms with Gasteiger partial charge in [-0.3, -0.25) is 4.79 Å². The fourth-order valence-corrected chi connectivity index (χ4v) is 2.22. The molecule has 21 heavy (non-hydrogen) atoms. The van der Waals surface area contributed by atoms with Crippen LogP contribution in [-0.4, -0.2) is 17.6 Å². The molecule has 0 saturated carbocycles. The minimum atomic E-state index is -0.651. The Hall–Kier alpha value is -1.95. The lowest BCUT2D eigenvalue weighted by Crippen LogP contribution is -2.25. The van der Waals surface area contributed by atoms with Gasteiger partial charge in [0, 0.05) is 17.1 Å². The highest BCUT2D eigenvalue weighted by atomic mass is 79.9. The highest BCUT2D eigenvalue weighted by Gasteiger charge is 2.10. The molecule has 110 valence electrons. The predicted octanol–water partition coefficient (Wildman–Crippen LogP) is 3.41. The Morgan fingerprint density at radius 1 is 1.14 bits per heavy atom. The van der Waals surface area contributed by atoms with Crippen molar-refractivity contribution in [3.05, 3.63) is 63.6 Å². The summed E-state index contributed by atoms with van der Waals surface area (Å²) in [4.78, 5) is 11.9. The SMILES string of the molecule is O=C(NCCc1cc(F)cc(F)c1)c1ccc(Br)cc1O. The number of nitrogens with one attached hydrogen (secondary N) is 1. The Bertz CT molecular complexity index is 656. The number of rotatable bonds is 4. The van der Waals surface area contributed by atoms with Crippen LogP contribution in [0.2, 0.25) is 0 Å². The number of hydrogen-bond acceptors (Lipinski definition) is 2. The summed E-state index contributed by atoms with van der Waals surface area (Å²) in [6.45, 7) is 0.206. The zero-order valence-corrected chi connectivity index (χ0v) is 12.5. The topological polar surface area (TPSA) is 49.3 Å². The zero-order valence-electron chi connectivity index (χ0n) is 10.9. The number of halogens is 3. The van der Waals surface area contributed by atoms with E-state index >= 15 is 0 Å². The first-order valence-electron chi connectivity index (χ1n) is 6.17. The number of phenols is 1. The van der Waals surface area contributed by atoms with Gasteiger partial charge in [-0.2, -0.15) is 0 Å². The van der Waals surface area contributed by atoms with Gasteiger partial charge in [0.2, 0.25) is 0 Å². The van der Waals surface area contributed by atoms with Gasteiger partial charge in [-0.1, -0.05) is 15.9 Å². The van der Waals surface area contributed by atoms with Gasteiger partial charge < -0.3 is 10.4 Å². The van der Waals surface area contributed by atoms with Crippen molar-refractivity contribution in [1.29, 1.82) is 0 Å². The molecule has 0 aliphatic heterocycles. The molecule has 0 atom stereocenters. The quantitative estimate of drug-likeness (QED) is 0.882. The normalized spacial score (nSPS) is 10.4. The van der Waals surface area contributed by atoms with Crippen LogP contribution >= 0.6 is 15.9 Å². The van der Waals surface area contributed by atoms with Crippen molar-refractivity contribution in [2.45, 2.75) is 6.42 Å². The van der Waals surface area contributed by atoms with E-state index in [9.17, 15) is 18.7 Å². The van der Waals surface area contributed by atoms with Crippen LogP contribution in [0.3, 0.4) is 0 Å². The molecule has 0 unspecified atom stereocenters. The summed E-state index contributed by atoms with van der Waals surface area (Å²) in [7, 11) is 0. The van der Waals surface area contributed by atoms with Crippen LogP contribution in [0.5, 0.6) is 5.75 Å². The van der Waals surface area contributed by atoms with Gasteiger partial charge in [-0.05, 0) is 42.3 Å². The van der Waals surface area contributed by atoms with E-state index in [1.807, 2.05) is 0 Å². The maximum Gasteiger partial charge on any atom is 0.255 e. The fourth-order valence-electron chi connectivity index (χ4n) is 1.87. The molecule has 0 aliphatic carbocycles. The lowest BCUT2D eigenvalue weighted by atomic mass is 10.1. The monoisotopic (exact) mass is 355 g/mol. The number of aromatic hydroxyl groups is 1. The molecule has 0 saturated heterocycles. The van der Waals surface area contributed by atoms with Crippen molar-refractivity contribution >= 4 is 21.8 Å². The first kappa shape index (κ1) is 15.4. The Morgan fingerprint density at radius 2 is 1.81 bits per heavy atom. The summed E-state index contributed by atoms with van der Waals surface area (Å²) in [5.74, 6) is -1.89. The van der Waals surface area contributed by atoms with Gasteiger partial charge in [0.25, 0.3) is 5.91 Å². The Kier molecular flexibility index (Phi) is 4.90. The van der Waals surface area contributed by atoms with Crippen LogP contribution in [0.1, 0.15) is 15.9 Å². The van der Waals surface area contributed by atoms with E-state index in [0.29, 0.717) is 10.0 Å². The lowest BCUT2D eigenvalue weighted by Gasteiger charge is -2.07. The number of amides is 1. The Morgan fingerprint density at radius 3 is 2.43 bits per heavy atom. The third-order valence-electron chi connectivity index (χ3n) is 2.83. The molecule has 0 bridgehead atoms. The summed E-state index contributed by atoms with van der Waals surface area (Å²) < 4.78 is 26.7. The van der Waals surface area contributed by atoms with Gasteiger partial charge in [0.1, 0.15) is 17.4 Å². The van der Waals surface area contributed by atoms with Gasteiger partial charge in [-0.25, -0.2) is 8.78 Å². The van der Waals surface area contributed by atoms with E-state index in [4.69, 9.17) is 0 Å². The smallest absolute Gasteiger partial charge is 0.255 e. The summed E-state index contributed by atoms with van der Waals surface area (Å²) in [6, 6.07) is 7.75. The predicted molar refractivity (Wildman–Crippen MR) is 78.2 cm³/mol. The first-order valence-corrected chi connectivity index (χ1v) is 6.96. The molecule has 0 aliphatic rings. The Labute approximate surface area is 128 Å². The number of carbonyl (C=O) groups excluding carboxylic acids is 1. The van der Waals surface area contributed by atoms with E-state index < -0.39 is 17.5 Å². The summed E-state index contributed by atoms with van der Waals surface area (Å²) in [6.07, 6.45) is 0.289. The average molecular weight is 356 g/mol. The Balaban J connectivity index is 1.95. The van der Waals surface area contributed by atoms with Crippen LogP contribution in [-0.2, 0) is 6.42 Å². The number of hydrogen-bond donors (Lipinski definition) is 2. The van der Waals surface area contributed by atoms with Crippen molar-refractivity contribution in [2.75, 3.05) is 6.54 Å². The number of phenolic OH excluding ortho intramolecular Hbond substituents is 1. The largest absolute Gasteiger partial charge is 0.507 e. The summed E-state index contributed by atoms with van der Waals surface area (Å²) >= 11 is 3.18. The van der Waals surface area contributed by atoms with Gasteiger partial charge in [-0.15, -0.1) is 0 Å². The lowest BCUT2D eigenvalue weighted by molar-refractivity contribution is 0.0951. The highest BCUT2D eigenvalue weighted by Crippen LogP contribution is 2.22. The molecule has 0 aromatic heterocycles. The van der Waals surface area contributed by atoms with Crippen molar-refractivity contribution in [3.63, 3.8) is 0 Å². The van der Waals surface area contributed by atoms with E-state index in [0.717, 1.165) is 6.07 Å². The third-order valence-corrected chi connectivity index (χ3v) is 3.32. The molecule has 3 nitrogen and oxygen atoms in total.